The summed E-state index contributed by atoms with van der Waals surface area (Å²) < 4.78 is 7.83. The quantitative estimate of drug-likeness (QED) is 0.874. The Labute approximate surface area is 101 Å². The van der Waals surface area contributed by atoms with Gasteiger partial charge in [-0.3, -0.25) is 0 Å². The Kier molecular flexibility index (Phi) is 2.73. The summed E-state index contributed by atoms with van der Waals surface area (Å²) in [4.78, 5) is 4.29. The predicted octanol–water partition coefficient (Wildman–Crippen LogP) is 1.70. The van der Waals surface area contributed by atoms with Gasteiger partial charge in [0.05, 0.1) is 17.4 Å². The fourth-order valence-corrected chi connectivity index (χ4v) is 2.29. The minimum absolute atomic E-state index is 0.511. The van der Waals surface area contributed by atoms with Crippen molar-refractivity contribution in [1.29, 1.82) is 0 Å². The van der Waals surface area contributed by atoms with E-state index in [0.29, 0.717) is 6.04 Å². The third-order valence-electron chi connectivity index (χ3n) is 3.31. The summed E-state index contributed by atoms with van der Waals surface area (Å²) in [6.45, 7) is 1.87. The van der Waals surface area contributed by atoms with Crippen molar-refractivity contribution in [3.63, 3.8) is 0 Å². The van der Waals surface area contributed by atoms with Gasteiger partial charge in [-0.05, 0) is 31.5 Å². The molecule has 1 N–H and O–H groups in total. The van der Waals surface area contributed by atoms with Crippen molar-refractivity contribution < 1.29 is 4.74 Å². The number of nitrogens with one attached hydrogen (secondary N) is 1. The van der Waals surface area contributed by atoms with E-state index < -0.39 is 0 Å². The normalized spacial score (nSPS) is 19.9. The highest BCUT2D eigenvalue weighted by molar-refractivity contribution is 5.76. The van der Waals surface area contributed by atoms with Gasteiger partial charge in [0, 0.05) is 19.2 Å². The monoisotopic (exact) mass is 231 g/mol. The summed E-state index contributed by atoms with van der Waals surface area (Å²) in [5, 5.41) is 3.43. The van der Waals surface area contributed by atoms with E-state index in [1.54, 1.807) is 0 Å². The predicted molar refractivity (Wildman–Crippen MR) is 67.2 cm³/mol. The molecule has 1 saturated heterocycles. The number of ether oxygens (including phenoxy) is 1. The molecule has 0 saturated carbocycles. The van der Waals surface area contributed by atoms with Crippen LogP contribution in [-0.4, -0.2) is 28.7 Å². The van der Waals surface area contributed by atoms with Gasteiger partial charge < -0.3 is 14.6 Å². The van der Waals surface area contributed by atoms with Crippen molar-refractivity contribution in [3.8, 4) is 5.75 Å². The van der Waals surface area contributed by atoms with Crippen molar-refractivity contribution in [2.45, 2.75) is 18.9 Å². The Morgan fingerprint density at radius 1 is 1.53 bits per heavy atom. The Bertz CT molecular complexity index is 514. The zero-order valence-corrected chi connectivity index (χ0v) is 10.0. The summed E-state index contributed by atoms with van der Waals surface area (Å²) in [6.07, 6.45) is 4.30. The Balaban J connectivity index is 1.73. The lowest BCUT2D eigenvalue weighted by Gasteiger charge is -2.12. The summed E-state index contributed by atoms with van der Waals surface area (Å²) in [7, 11) is 2.00. The molecule has 1 aliphatic heterocycles. The smallest absolute Gasteiger partial charge is 0.121 e. The summed E-state index contributed by atoms with van der Waals surface area (Å²) in [5.41, 5.74) is 2.13. The van der Waals surface area contributed by atoms with Gasteiger partial charge >= 0.3 is 0 Å². The molecular formula is C13H17N3O. The first-order chi connectivity index (χ1) is 8.33. The van der Waals surface area contributed by atoms with Gasteiger partial charge in [-0.15, -0.1) is 0 Å². The fraction of sp³-hybridized carbons (Fsp3) is 0.462. The molecule has 17 heavy (non-hydrogen) atoms. The van der Waals surface area contributed by atoms with E-state index in [1.165, 1.54) is 12.8 Å². The van der Waals surface area contributed by atoms with E-state index in [1.807, 2.05) is 30.1 Å². The Hall–Kier alpha value is -1.55. The maximum atomic E-state index is 5.82. The fourth-order valence-electron chi connectivity index (χ4n) is 2.29. The lowest BCUT2D eigenvalue weighted by Crippen LogP contribution is -2.28. The van der Waals surface area contributed by atoms with Crippen molar-refractivity contribution >= 4 is 11.0 Å². The molecule has 3 rings (SSSR count). The third kappa shape index (κ3) is 2.13. The second-order valence-electron chi connectivity index (χ2n) is 4.61. The Morgan fingerprint density at radius 3 is 3.29 bits per heavy atom. The number of hydrogen-bond acceptors (Lipinski definition) is 3. The second kappa shape index (κ2) is 4.37. The summed E-state index contributed by atoms with van der Waals surface area (Å²) in [6, 6.07) is 6.56. The standard InChI is InChI=1S/C13H17N3O/c1-16-9-15-12-5-4-11(7-13(12)16)17-8-10-3-2-6-14-10/h4-5,7,9-10,14H,2-3,6,8H2,1H3. The Morgan fingerprint density at radius 2 is 2.47 bits per heavy atom. The van der Waals surface area contributed by atoms with Crippen LogP contribution < -0.4 is 10.1 Å². The van der Waals surface area contributed by atoms with Crippen molar-refractivity contribution in [1.82, 2.24) is 14.9 Å². The molecule has 0 bridgehead atoms. The van der Waals surface area contributed by atoms with Crippen LogP contribution in [0.5, 0.6) is 5.75 Å². The van der Waals surface area contributed by atoms with Gasteiger partial charge in [0.1, 0.15) is 12.4 Å². The van der Waals surface area contributed by atoms with Gasteiger partial charge in [-0.2, -0.15) is 0 Å². The molecule has 0 aliphatic carbocycles. The SMILES string of the molecule is Cn1cnc2ccc(OCC3CCCN3)cc21. The first-order valence-corrected chi connectivity index (χ1v) is 6.10. The molecule has 1 aromatic heterocycles. The number of fused-ring (bicyclic) bond motifs is 1. The molecule has 4 heteroatoms. The average molecular weight is 231 g/mol. The molecule has 0 amide bonds. The number of hydrogen-bond donors (Lipinski definition) is 1. The number of rotatable bonds is 3. The molecule has 4 nitrogen and oxygen atoms in total. The number of aromatic nitrogens is 2. The van der Waals surface area contributed by atoms with Crippen LogP contribution >= 0.6 is 0 Å². The van der Waals surface area contributed by atoms with E-state index in [2.05, 4.69) is 16.4 Å². The maximum absolute atomic E-state index is 5.82. The number of benzene rings is 1. The summed E-state index contributed by atoms with van der Waals surface area (Å²) >= 11 is 0. The van der Waals surface area contributed by atoms with Gasteiger partial charge in [0.15, 0.2) is 0 Å². The number of nitrogens with zero attached hydrogens (tertiary/aromatic N) is 2. The first-order valence-electron chi connectivity index (χ1n) is 6.10. The van der Waals surface area contributed by atoms with Crippen molar-refractivity contribution in [3.05, 3.63) is 24.5 Å². The third-order valence-corrected chi connectivity index (χ3v) is 3.31. The van der Waals surface area contributed by atoms with Crippen molar-refractivity contribution in [2.24, 2.45) is 7.05 Å². The van der Waals surface area contributed by atoms with Crippen LogP contribution in [0.3, 0.4) is 0 Å². The van der Waals surface area contributed by atoms with E-state index >= 15 is 0 Å². The molecule has 1 unspecified atom stereocenters. The van der Waals surface area contributed by atoms with E-state index in [9.17, 15) is 0 Å². The van der Waals surface area contributed by atoms with E-state index in [0.717, 1.165) is 29.9 Å². The highest BCUT2D eigenvalue weighted by atomic mass is 16.5. The van der Waals surface area contributed by atoms with Crippen LogP contribution in [0.4, 0.5) is 0 Å². The van der Waals surface area contributed by atoms with Crippen LogP contribution in [0, 0.1) is 0 Å². The zero-order valence-electron chi connectivity index (χ0n) is 10.0. The molecule has 0 radical (unpaired) electrons. The van der Waals surface area contributed by atoms with Crippen LogP contribution in [0.15, 0.2) is 24.5 Å². The number of aryl methyl sites for hydroxylation is 1. The lowest BCUT2D eigenvalue weighted by atomic mass is 10.2. The molecule has 2 aromatic rings. The highest BCUT2D eigenvalue weighted by Crippen LogP contribution is 2.20. The minimum atomic E-state index is 0.511. The second-order valence-corrected chi connectivity index (χ2v) is 4.61. The maximum Gasteiger partial charge on any atom is 0.121 e. The molecule has 90 valence electrons. The largest absolute Gasteiger partial charge is 0.492 e. The van der Waals surface area contributed by atoms with Gasteiger partial charge in [0.25, 0.3) is 0 Å². The van der Waals surface area contributed by atoms with Gasteiger partial charge in [-0.1, -0.05) is 0 Å². The van der Waals surface area contributed by atoms with E-state index in [-0.39, 0.29) is 0 Å². The number of imidazole rings is 1. The molecule has 1 atom stereocenters. The molecule has 1 aliphatic rings. The van der Waals surface area contributed by atoms with Crippen LogP contribution in [0.2, 0.25) is 0 Å². The molecule has 1 aromatic carbocycles. The van der Waals surface area contributed by atoms with Crippen molar-refractivity contribution in [2.75, 3.05) is 13.2 Å². The highest BCUT2D eigenvalue weighted by Gasteiger charge is 2.14. The molecule has 2 heterocycles. The minimum Gasteiger partial charge on any atom is -0.492 e. The zero-order chi connectivity index (χ0) is 11.7. The summed E-state index contributed by atoms with van der Waals surface area (Å²) in [5.74, 6) is 0.926. The first kappa shape index (κ1) is 10.6. The van der Waals surface area contributed by atoms with Crippen LogP contribution in [-0.2, 0) is 7.05 Å². The molecule has 0 spiro atoms. The topological polar surface area (TPSA) is 39.1 Å². The van der Waals surface area contributed by atoms with Gasteiger partial charge in [-0.25, -0.2) is 4.98 Å². The molecule has 1 fully saturated rings. The lowest BCUT2D eigenvalue weighted by molar-refractivity contribution is 0.277. The van der Waals surface area contributed by atoms with Gasteiger partial charge in [0.2, 0.25) is 0 Å². The van der Waals surface area contributed by atoms with E-state index in [4.69, 9.17) is 4.74 Å². The van der Waals surface area contributed by atoms with Crippen LogP contribution in [0.1, 0.15) is 12.8 Å². The average Bonchev–Trinajstić information content (AvgIpc) is 2.97. The molecular weight excluding hydrogens is 214 g/mol. The van der Waals surface area contributed by atoms with Crippen LogP contribution in [0.25, 0.3) is 11.0 Å².